The fourth-order valence-electron chi connectivity index (χ4n) is 2.89. The van der Waals surface area contributed by atoms with Crippen molar-refractivity contribution < 1.29 is 14.3 Å². The van der Waals surface area contributed by atoms with E-state index in [1.165, 1.54) is 6.92 Å². The molecule has 0 saturated carbocycles. The Bertz CT molecular complexity index is 819. The Balaban J connectivity index is 1.60. The Morgan fingerprint density at radius 2 is 1.75 bits per heavy atom. The highest BCUT2D eigenvalue weighted by Gasteiger charge is 2.22. The van der Waals surface area contributed by atoms with Crippen LogP contribution >= 0.6 is 0 Å². The van der Waals surface area contributed by atoms with Gasteiger partial charge in [-0.05, 0) is 37.3 Å². The van der Waals surface area contributed by atoms with Gasteiger partial charge in [0.05, 0.1) is 6.61 Å². The number of rotatable bonds is 5. The molecule has 0 aliphatic carbocycles. The molecule has 0 unspecified atom stereocenters. The summed E-state index contributed by atoms with van der Waals surface area (Å²) in [5.41, 5.74) is 1.55. The molecule has 28 heavy (non-hydrogen) atoms. The van der Waals surface area contributed by atoms with Crippen molar-refractivity contribution in [3.8, 4) is 0 Å². The number of hydrogen-bond acceptors (Lipinski definition) is 7. The fourth-order valence-corrected chi connectivity index (χ4v) is 2.89. The van der Waals surface area contributed by atoms with E-state index in [0.29, 0.717) is 38.7 Å². The maximum absolute atomic E-state index is 11.8. The lowest BCUT2D eigenvalue weighted by atomic mass is 10.3. The first kappa shape index (κ1) is 19.4. The monoisotopic (exact) mass is 384 g/mol. The minimum absolute atomic E-state index is 0.111. The van der Waals surface area contributed by atoms with Gasteiger partial charge in [-0.2, -0.15) is 4.98 Å². The predicted molar refractivity (Wildman–Crippen MR) is 107 cm³/mol. The van der Waals surface area contributed by atoms with Crippen molar-refractivity contribution in [2.45, 2.75) is 13.8 Å². The maximum atomic E-state index is 11.8. The van der Waals surface area contributed by atoms with E-state index >= 15 is 0 Å². The second-order valence-electron chi connectivity index (χ2n) is 6.29. The molecule has 9 nitrogen and oxygen atoms in total. The lowest BCUT2D eigenvalue weighted by molar-refractivity contribution is -0.114. The third kappa shape index (κ3) is 5.09. The maximum Gasteiger partial charge on any atom is 0.409 e. The number of ether oxygens (including phenoxy) is 1. The van der Waals surface area contributed by atoms with Crippen molar-refractivity contribution in [1.82, 2.24) is 14.9 Å². The SMILES string of the molecule is CCOC(=O)N1CCN(c2ccnc(Nc3ccc(NC(C)=O)cc3)n2)CC1. The third-order valence-corrected chi connectivity index (χ3v) is 4.23. The average molecular weight is 384 g/mol. The lowest BCUT2D eigenvalue weighted by Gasteiger charge is -2.34. The zero-order valence-corrected chi connectivity index (χ0v) is 16.0. The second-order valence-corrected chi connectivity index (χ2v) is 6.29. The number of amides is 2. The minimum atomic E-state index is -0.269. The number of anilines is 4. The summed E-state index contributed by atoms with van der Waals surface area (Å²) >= 11 is 0. The van der Waals surface area contributed by atoms with Crippen molar-refractivity contribution in [2.24, 2.45) is 0 Å². The summed E-state index contributed by atoms with van der Waals surface area (Å²) < 4.78 is 5.05. The van der Waals surface area contributed by atoms with Crippen molar-refractivity contribution in [2.75, 3.05) is 48.3 Å². The molecule has 1 aliphatic rings. The normalized spacial score (nSPS) is 13.8. The van der Waals surface area contributed by atoms with Crippen LogP contribution in [-0.2, 0) is 9.53 Å². The van der Waals surface area contributed by atoms with Gasteiger partial charge in [0.2, 0.25) is 11.9 Å². The minimum Gasteiger partial charge on any atom is -0.450 e. The van der Waals surface area contributed by atoms with Crippen LogP contribution < -0.4 is 15.5 Å². The van der Waals surface area contributed by atoms with Gasteiger partial charge < -0.3 is 25.2 Å². The van der Waals surface area contributed by atoms with E-state index in [2.05, 4.69) is 25.5 Å². The Kier molecular flexibility index (Phi) is 6.25. The number of carbonyl (C=O) groups is 2. The molecule has 2 amide bonds. The summed E-state index contributed by atoms with van der Waals surface area (Å²) in [6.45, 7) is 6.20. The number of nitrogens with zero attached hydrogens (tertiary/aromatic N) is 4. The molecule has 1 aliphatic heterocycles. The first-order valence-corrected chi connectivity index (χ1v) is 9.19. The van der Waals surface area contributed by atoms with Gasteiger partial charge in [0.25, 0.3) is 0 Å². The summed E-state index contributed by atoms with van der Waals surface area (Å²) in [5.74, 6) is 1.17. The van der Waals surface area contributed by atoms with E-state index in [4.69, 9.17) is 4.74 Å². The van der Waals surface area contributed by atoms with Crippen LogP contribution in [0.4, 0.5) is 27.9 Å². The van der Waals surface area contributed by atoms with E-state index < -0.39 is 0 Å². The number of piperazine rings is 1. The number of benzene rings is 1. The van der Waals surface area contributed by atoms with E-state index in [9.17, 15) is 9.59 Å². The number of hydrogen-bond donors (Lipinski definition) is 2. The second kappa shape index (κ2) is 9.03. The molecule has 1 aromatic heterocycles. The van der Waals surface area contributed by atoms with Crippen molar-refractivity contribution >= 4 is 35.1 Å². The molecule has 0 radical (unpaired) electrons. The van der Waals surface area contributed by atoms with E-state index in [-0.39, 0.29) is 12.0 Å². The largest absolute Gasteiger partial charge is 0.450 e. The highest BCUT2D eigenvalue weighted by molar-refractivity contribution is 5.88. The van der Waals surface area contributed by atoms with Crippen LogP contribution in [0.15, 0.2) is 36.5 Å². The molecule has 1 aromatic carbocycles. The van der Waals surface area contributed by atoms with Gasteiger partial charge in [-0.15, -0.1) is 0 Å². The third-order valence-electron chi connectivity index (χ3n) is 4.23. The van der Waals surface area contributed by atoms with Gasteiger partial charge in [-0.25, -0.2) is 9.78 Å². The first-order valence-electron chi connectivity index (χ1n) is 9.19. The number of nitrogens with one attached hydrogen (secondary N) is 2. The van der Waals surface area contributed by atoms with E-state index in [0.717, 1.165) is 17.2 Å². The van der Waals surface area contributed by atoms with Crippen LogP contribution in [-0.4, -0.2) is 59.7 Å². The first-order chi connectivity index (χ1) is 13.5. The average Bonchev–Trinajstić information content (AvgIpc) is 2.70. The van der Waals surface area contributed by atoms with Crippen LogP contribution in [0.2, 0.25) is 0 Å². The van der Waals surface area contributed by atoms with Gasteiger partial charge >= 0.3 is 6.09 Å². The smallest absolute Gasteiger partial charge is 0.409 e. The fraction of sp³-hybridized carbons (Fsp3) is 0.368. The molecule has 3 rings (SSSR count). The van der Waals surface area contributed by atoms with Gasteiger partial charge in [-0.3, -0.25) is 4.79 Å². The zero-order chi connectivity index (χ0) is 19.9. The summed E-state index contributed by atoms with van der Waals surface area (Å²) in [4.78, 5) is 35.5. The molecule has 9 heteroatoms. The molecule has 2 aromatic rings. The molecule has 0 atom stereocenters. The number of aromatic nitrogens is 2. The highest BCUT2D eigenvalue weighted by atomic mass is 16.6. The van der Waals surface area contributed by atoms with Crippen molar-refractivity contribution in [3.05, 3.63) is 36.5 Å². The molecule has 1 saturated heterocycles. The summed E-state index contributed by atoms with van der Waals surface area (Å²) in [5, 5.41) is 5.89. The molecule has 0 spiro atoms. The van der Waals surface area contributed by atoms with E-state index in [1.807, 2.05) is 30.3 Å². The summed E-state index contributed by atoms with van der Waals surface area (Å²) in [6, 6.07) is 9.16. The van der Waals surface area contributed by atoms with Crippen LogP contribution in [0, 0.1) is 0 Å². The summed E-state index contributed by atoms with van der Waals surface area (Å²) in [7, 11) is 0. The van der Waals surface area contributed by atoms with Crippen LogP contribution in [0.5, 0.6) is 0 Å². The van der Waals surface area contributed by atoms with Gasteiger partial charge in [-0.1, -0.05) is 0 Å². The number of carbonyl (C=O) groups excluding carboxylic acids is 2. The van der Waals surface area contributed by atoms with Gasteiger partial charge in [0, 0.05) is 50.7 Å². The Labute approximate surface area is 163 Å². The standard InChI is InChI=1S/C19H24N6O3/c1-3-28-19(27)25-12-10-24(11-13-25)17-8-9-20-18(23-17)22-16-6-4-15(5-7-16)21-14(2)26/h4-9H,3,10-13H2,1-2H3,(H,21,26)(H,20,22,23). The molecule has 2 N–H and O–H groups in total. The van der Waals surface area contributed by atoms with Crippen LogP contribution in [0.25, 0.3) is 0 Å². The molecule has 0 bridgehead atoms. The van der Waals surface area contributed by atoms with Crippen molar-refractivity contribution in [1.29, 1.82) is 0 Å². The Morgan fingerprint density at radius 1 is 1.07 bits per heavy atom. The molecule has 1 fully saturated rings. The van der Waals surface area contributed by atoms with E-state index in [1.54, 1.807) is 18.0 Å². The lowest BCUT2D eigenvalue weighted by Crippen LogP contribution is -2.49. The van der Waals surface area contributed by atoms with Gasteiger partial charge in [0.15, 0.2) is 0 Å². The van der Waals surface area contributed by atoms with Crippen LogP contribution in [0.3, 0.4) is 0 Å². The quantitative estimate of drug-likeness (QED) is 0.817. The summed E-state index contributed by atoms with van der Waals surface area (Å²) in [6.07, 6.45) is 1.43. The predicted octanol–water partition coefficient (Wildman–Crippen LogP) is 2.46. The Hall–Kier alpha value is -3.36. The topological polar surface area (TPSA) is 99.7 Å². The highest BCUT2D eigenvalue weighted by Crippen LogP contribution is 2.19. The molecule has 2 heterocycles. The molecular weight excluding hydrogens is 360 g/mol. The van der Waals surface area contributed by atoms with Gasteiger partial charge in [0.1, 0.15) is 5.82 Å². The van der Waals surface area contributed by atoms with Crippen molar-refractivity contribution in [3.63, 3.8) is 0 Å². The van der Waals surface area contributed by atoms with Crippen LogP contribution in [0.1, 0.15) is 13.8 Å². The molecular formula is C19H24N6O3. The zero-order valence-electron chi connectivity index (χ0n) is 16.0. The Morgan fingerprint density at radius 3 is 2.39 bits per heavy atom. The molecule has 148 valence electrons.